The number of carbonyl (C=O) groups is 1. The number of hydrogen-bond acceptors (Lipinski definition) is 2. The van der Waals surface area contributed by atoms with Gasteiger partial charge in [0.1, 0.15) is 11.6 Å². The number of ketones is 1. The van der Waals surface area contributed by atoms with Gasteiger partial charge in [-0.2, -0.15) is 0 Å². The predicted octanol–water partition coefficient (Wildman–Crippen LogP) is 4.06. The van der Waals surface area contributed by atoms with Crippen molar-refractivity contribution in [3.8, 4) is 5.69 Å². The van der Waals surface area contributed by atoms with Crippen LogP contribution < -0.4 is 0 Å². The smallest absolute Gasteiger partial charge is 0.133 e. The van der Waals surface area contributed by atoms with Crippen molar-refractivity contribution in [1.29, 1.82) is 0 Å². The number of aromatic nitrogens is 2. The zero-order valence-corrected chi connectivity index (χ0v) is 14.2. The van der Waals surface area contributed by atoms with Crippen LogP contribution in [0, 0.1) is 19.8 Å². The average Bonchev–Trinajstić information content (AvgIpc) is 2.86. The molecule has 0 spiro atoms. The Bertz CT molecular complexity index is 789. The molecule has 0 N–H and O–H groups in total. The summed E-state index contributed by atoms with van der Waals surface area (Å²) in [4.78, 5) is 16.9. The SMILES string of the molecule is Cc1ccccc1-n1c(C)nc2c1CCC1CC(=O)CCC21C. The van der Waals surface area contributed by atoms with Crippen LogP contribution in [0.4, 0.5) is 0 Å². The number of aryl methyl sites for hydroxylation is 2. The summed E-state index contributed by atoms with van der Waals surface area (Å²) >= 11 is 0. The van der Waals surface area contributed by atoms with Crippen LogP contribution in [0.15, 0.2) is 24.3 Å². The Morgan fingerprint density at radius 1 is 1.22 bits per heavy atom. The molecule has 0 bridgehead atoms. The summed E-state index contributed by atoms with van der Waals surface area (Å²) in [5, 5.41) is 0. The second-order valence-electron chi connectivity index (χ2n) is 7.47. The first kappa shape index (κ1) is 14.7. The summed E-state index contributed by atoms with van der Waals surface area (Å²) in [6, 6.07) is 8.53. The topological polar surface area (TPSA) is 34.9 Å². The minimum atomic E-state index is 0.0696. The predicted molar refractivity (Wildman–Crippen MR) is 91.1 cm³/mol. The van der Waals surface area contributed by atoms with Gasteiger partial charge in [0.15, 0.2) is 0 Å². The van der Waals surface area contributed by atoms with E-state index in [2.05, 4.69) is 49.6 Å². The fraction of sp³-hybridized carbons (Fsp3) is 0.500. The van der Waals surface area contributed by atoms with Crippen molar-refractivity contribution >= 4 is 5.78 Å². The van der Waals surface area contributed by atoms with Crippen LogP contribution in [0.5, 0.6) is 0 Å². The first-order valence-electron chi connectivity index (χ1n) is 8.67. The normalized spacial score (nSPS) is 26.7. The Kier molecular flexibility index (Phi) is 3.22. The van der Waals surface area contributed by atoms with Crippen molar-refractivity contribution in [3.05, 3.63) is 47.0 Å². The van der Waals surface area contributed by atoms with Crippen molar-refractivity contribution in [1.82, 2.24) is 9.55 Å². The molecular formula is C20H24N2O. The third kappa shape index (κ3) is 2.09. The minimum absolute atomic E-state index is 0.0696. The van der Waals surface area contributed by atoms with Gasteiger partial charge < -0.3 is 4.57 Å². The highest BCUT2D eigenvalue weighted by Crippen LogP contribution is 2.49. The molecule has 2 atom stereocenters. The lowest BCUT2D eigenvalue weighted by atomic mass is 9.60. The fourth-order valence-corrected chi connectivity index (χ4v) is 4.65. The van der Waals surface area contributed by atoms with Crippen LogP contribution in [0.25, 0.3) is 5.69 Å². The Hall–Kier alpha value is -1.90. The van der Waals surface area contributed by atoms with Crippen LogP contribution >= 0.6 is 0 Å². The molecule has 2 aliphatic carbocycles. The fourth-order valence-electron chi connectivity index (χ4n) is 4.65. The molecule has 0 saturated heterocycles. The summed E-state index contributed by atoms with van der Waals surface area (Å²) < 4.78 is 2.35. The van der Waals surface area contributed by atoms with E-state index in [-0.39, 0.29) is 5.41 Å². The molecule has 2 unspecified atom stereocenters. The quantitative estimate of drug-likeness (QED) is 0.796. The van der Waals surface area contributed by atoms with Gasteiger partial charge in [-0.3, -0.25) is 4.79 Å². The van der Waals surface area contributed by atoms with Gasteiger partial charge >= 0.3 is 0 Å². The average molecular weight is 308 g/mol. The minimum Gasteiger partial charge on any atom is -0.300 e. The van der Waals surface area contributed by atoms with Gasteiger partial charge in [0.05, 0.1) is 5.69 Å². The number of imidazole rings is 1. The highest BCUT2D eigenvalue weighted by atomic mass is 16.1. The van der Waals surface area contributed by atoms with E-state index in [4.69, 9.17) is 4.98 Å². The van der Waals surface area contributed by atoms with Crippen molar-refractivity contribution < 1.29 is 4.79 Å². The second kappa shape index (κ2) is 5.05. The van der Waals surface area contributed by atoms with E-state index in [1.54, 1.807) is 0 Å². The van der Waals surface area contributed by atoms with E-state index in [9.17, 15) is 4.79 Å². The summed E-state index contributed by atoms with van der Waals surface area (Å²) in [5.74, 6) is 1.98. The molecule has 3 nitrogen and oxygen atoms in total. The number of nitrogens with zero attached hydrogens (tertiary/aromatic N) is 2. The second-order valence-corrected chi connectivity index (χ2v) is 7.47. The van der Waals surface area contributed by atoms with Crippen LogP contribution in [0.3, 0.4) is 0 Å². The van der Waals surface area contributed by atoms with E-state index < -0.39 is 0 Å². The van der Waals surface area contributed by atoms with Crippen LogP contribution in [-0.4, -0.2) is 15.3 Å². The molecule has 1 heterocycles. The van der Waals surface area contributed by atoms with Crippen LogP contribution in [0.2, 0.25) is 0 Å². The maximum atomic E-state index is 11.9. The molecule has 1 aromatic heterocycles. The Morgan fingerprint density at radius 3 is 2.78 bits per heavy atom. The monoisotopic (exact) mass is 308 g/mol. The molecule has 0 amide bonds. The number of hydrogen-bond donors (Lipinski definition) is 0. The summed E-state index contributed by atoms with van der Waals surface area (Å²) in [5.41, 5.74) is 5.21. The van der Waals surface area contributed by atoms with Crippen molar-refractivity contribution in [2.45, 2.75) is 58.3 Å². The zero-order valence-electron chi connectivity index (χ0n) is 14.2. The molecule has 4 rings (SSSR count). The summed E-state index contributed by atoms with van der Waals surface area (Å²) in [6.45, 7) is 6.60. The lowest BCUT2D eigenvalue weighted by Gasteiger charge is -2.43. The molecule has 2 aromatic rings. The molecule has 1 aromatic carbocycles. The maximum Gasteiger partial charge on any atom is 0.133 e. The van der Waals surface area contributed by atoms with Crippen molar-refractivity contribution in [2.24, 2.45) is 5.92 Å². The summed E-state index contributed by atoms with van der Waals surface area (Å²) in [7, 11) is 0. The number of para-hydroxylation sites is 1. The van der Waals surface area contributed by atoms with E-state index in [0.717, 1.165) is 31.5 Å². The lowest BCUT2D eigenvalue weighted by Crippen LogP contribution is -2.42. The Morgan fingerprint density at radius 2 is 2.00 bits per heavy atom. The van der Waals surface area contributed by atoms with Gasteiger partial charge in [-0.15, -0.1) is 0 Å². The molecule has 3 heteroatoms. The number of carbonyl (C=O) groups excluding carboxylic acids is 1. The van der Waals surface area contributed by atoms with Gasteiger partial charge in [-0.05, 0) is 50.7 Å². The first-order chi connectivity index (χ1) is 11.0. The Labute approximate surface area is 137 Å². The molecule has 120 valence electrons. The van der Waals surface area contributed by atoms with E-state index in [1.165, 1.54) is 22.6 Å². The number of benzene rings is 1. The van der Waals surface area contributed by atoms with Gasteiger partial charge in [0, 0.05) is 29.6 Å². The first-order valence-corrected chi connectivity index (χ1v) is 8.67. The third-order valence-electron chi connectivity index (χ3n) is 6.07. The van der Waals surface area contributed by atoms with Crippen molar-refractivity contribution in [3.63, 3.8) is 0 Å². The third-order valence-corrected chi connectivity index (χ3v) is 6.07. The zero-order chi connectivity index (χ0) is 16.2. The van der Waals surface area contributed by atoms with E-state index in [1.807, 2.05) is 0 Å². The largest absolute Gasteiger partial charge is 0.300 e. The molecular weight excluding hydrogens is 284 g/mol. The van der Waals surface area contributed by atoms with Crippen molar-refractivity contribution in [2.75, 3.05) is 0 Å². The summed E-state index contributed by atoms with van der Waals surface area (Å²) in [6.07, 6.45) is 4.53. The molecule has 0 radical (unpaired) electrons. The van der Waals surface area contributed by atoms with Gasteiger partial charge in [0.2, 0.25) is 0 Å². The van der Waals surface area contributed by atoms with Crippen LogP contribution in [0.1, 0.15) is 55.4 Å². The molecule has 0 aliphatic heterocycles. The van der Waals surface area contributed by atoms with Crippen LogP contribution in [-0.2, 0) is 16.6 Å². The van der Waals surface area contributed by atoms with Gasteiger partial charge in [0.25, 0.3) is 0 Å². The number of rotatable bonds is 1. The standard InChI is InChI=1S/C20H24N2O/c1-13-6-4-5-7-17(13)22-14(2)21-19-18(22)9-8-15-12-16(23)10-11-20(15,19)3/h4-7,15H,8-12H2,1-3H3. The highest BCUT2D eigenvalue weighted by molar-refractivity contribution is 5.80. The Balaban J connectivity index is 1.88. The molecule has 23 heavy (non-hydrogen) atoms. The maximum absolute atomic E-state index is 11.9. The van der Waals surface area contributed by atoms with Gasteiger partial charge in [-0.25, -0.2) is 4.98 Å². The molecule has 1 fully saturated rings. The molecule has 1 saturated carbocycles. The molecule has 2 aliphatic rings. The highest BCUT2D eigenvalue weighted by Gasteiger charge is 2.46. The van der Waals surface area contributed by atoms with E-state index >= 15 is 0 Å². The number of fused-ring (bicyclic) bond motifs is 3. The lowest BCUT2D eigenvalue weighted by molar-refractivity contribution is -0.123. The number of Topliss-reactive ketones (excluding diaryl/α,β-unsaturated/α-hetero) is 1. The van der Waals surface area contributed by atoms with Gasteiger partial charge in [-0.1, -0.05) is 25.1 Å². The van der Waals surface area contributed by atoms with E-state index in [0.29, 0.717) is 18.1 Å².